The van der Waals surface area contributed by atoms with Gasteiger partial charge in [-0.25, -0.2) is 8.42 Å². The number of nitrogens with one attached hydrogen (secondary N) is 1. The number of hydrogen-bond donors (Lipinski definition) is 1. The molecule has 36 heavy (non-hydrogen) atoms. The fraction of sp³-hybridized carbons (Fsp3) is 0.500. The molecule has 12 heteroatoms. The second kappa shape index (κ2) is 10.9. The summed E-state index contributed by atoms with van der Waals surface area (Å²) in [5, 5.41) is 0. The maximum atomic E-state index is 13.2. The average Bonchev–Trinajstić information content (AvgIpc) is 3.64. The van der Waals surface area contributed by atoms with Crippen molar-refractivity contribution in [1.82, 2.24) is 19.4 Å². The van der Waals surface area contributed by atoms with E-state index in [1.807, 2.05) is 11.0 Å². The number of nitrogens with zero attached hydrogens (tertiary/aromatic N) is 3. The van der Waals surface area contributed by atoms with Gasteiger partial charge in [0.05, 0.1) is 10.9 Å². The van der Waals surface area contributed by atoms with Gasteiger partial charge in [0.25, 0.3) is 10.0 Å². The first-order valence-electron chi connectivity index (χ1n) is 12.1. The molecular formula is C24H29ClN4O4S3. The molecule has 194 valence electrons. The van der Waals surface area contributed by atoms with Crippen molar-refractivity contribution >= 4 is 56.1 Å². The normalized spacial score (nSPS) is 23.2. The Kier molecular flexibility index (Phi) is 7.85. The minimum absolute atomic E-state index is 0.00585. The summed E-state index contributed by atoms with van der Waals surface area (Å²) in [6, 6.07) is 6.22. The summed E-state index contributed by atoms with van der Waals surface area (Å²) in [7, 11) is -3.88. The van der Waals surface area contributed by atoms with E-state index in [-0.39, 0.29) is 28.6 Å². The summed E-state index contributed by atoms with van der Waals surface area (Å²) in [6.07, 6.45) is 7.27. The van der Waals surface area contributed by atoms with Crippen molar-refractivity contribution in [1.29, 1.82) is 0 Å². The van der Waals surface area contributed by atoms with E-state index >= 15 is 0 Å². The minimum Gasteiger partial charge on any atom is -0.337 e. The van der Waals surface area contributed by atoms with E-state index in [1.165, 1.54) is 16.2 Å². The van der Waals surface area contributed by atoms with Gasteiger partial charge in [-0.05, 0) is 49.9 Å². The molecule has 5 rings (SSSR count). The van der Waals surface area contributed by atoms with E-state index in [0.29, 0.717) is 30.3 Å². The van der Waals surface area contributed by atoms with E-state index in [9.17, 15) is 18.0 Å². The third-order valence-corrected chi connectivity index (χ3v) is 11.4. The Labute approximate surface area is 224 Å². The quantitative estimate of drug-likeness (QED) is 0.494. The molecule has 0 spiro atoms. The Hall–Kier alpha value is -1.76. The molecule has 0 aliphatic carbocycles. The predicted octanol–water partition coefficient (Wildman–Crippen LogP) is 3.26. The van der Waals surface area contributed by atoms with Gasteiger partial charge in [-0.15, -0.1) is 22.7 Å². The molecule has 3 aliphatic rings. The highest BCUT2D eigenvalue weighted by atomic mass is 35.5. The topological polar surface area (TPSA) is 90.0 Å². The second-order valence-electron chi connectivity index (χ2n) is 9.37. The molecule has 0 saturated carbocycles. The van der Waals surface area contributed by atoms with Crippen LogP contribution in [-0.4, -0.2) is 86.3 Å². The lowest BCUT2D eigenvalue weighted by Gasteiger charge is -2.34. The fourth-order valence-electron chi connectivity index (χ4n) is 5.07. The highest BCUT2D eigenvalue weighted by Crippen LogP contribution is 2.37. The van der Waals surface area contributed by atoms with Crippen LogP contribution in [-0.2, 0) is 19.6 Å². The van der Waals surface area contributed by atoms with Crippen molar-refractivity contribution in [3.05, 3.63) is 40.8 Å². The van der Waals surface area contributed by atoms with E-state index in [2.05, 4.69) is 21.8 Å². The van der Waals surface area contributed by atoms with E-state index < -0.39 is 16.1 Å². The first-order chi connectivity index (χ1) is 17.3. The highest BCUT2D eigenvalue weighted by molar-refractivity contribution is 7.91. The molecule has 0 radical (unpaired) electrons. The summed E-state index contributed by atoms with van der Waals surface area (Å²) < 4.78 is 29.5. The van der Waals surface area contributed by atoms with Gasteiger partial charge in [0.2, 0.25) is 11.8 Å². The van der Waals surface area contributed by atoms with Crippen molar-refractivity contribution in [3.8, 4) is 9.75 Å². The molecule has 5 heterocycles. The van der Waals surface area contributed by atoms with Crippen LogP contribution < -0.4 is 4.72 Å². The number of carbonyl (C=O) groups excluding carboxylic acids is 2. The maximum Gasteiger partial charge on any atom is 0.250 e. The maximum absolute atomic E-state index is 13.2. The summed E-state index contributed by atoms with van der Waals surface area (Å²) in [4.78, 5) is 33.8. The molecule has 1 N–H and O–H groups in total. The van der Waals surface area contributed by atoms with Crippen LogP contribution in [0.4, 0.5) is 0 Å². The summed E-state index contributed by atoms with van der Waals surface area (Å²) in [6.45, 7) is 3.83. The lowest BCUT2D eigenvalue weighted by atomic mass is 10.1. The van der Waals surface area contributed by atoms with E-state index in [1.54, 1.807) is 18.2 Å². The van der Waals surface area contributed by atoms with Crippen molar-refractivity contribution < 1.29 is 18.0 Å². The number of piperidine rings is 1. The zero-order chi connectivity index (χ0) is 25.3. The summed E-state index contributed by atoms with van der Waals surface area (Å²) in [5.41, 5.74) is 0. The van der Waals surface area contributed by atoms with Crippen LogP contribution in [0, 0.1) is 0 Å². The smallest absolute Gasteiger partial charge is 0.250 e. The van der Waals surface area contributed by atoms with Crippen molar-refractivity contribution in [2.45, 2.75) is 42.0 Å². The van der Waals surface area contributed by atoms with E-state index in [4.69, 9.17) is 11.6 Å². The second-order valence-corrected chi connectivity index (χ2v) is 14.1. The number of rotatable bonds is 8. The van der Waals surface area contributed by atoms with Crippen LogP contribution in [0.2, 0.25) is 4.34 Å². The van der Waals surface area contributed by atoms with Crippen molar-refractivity contribution in [3.63, 3.8) is 0 Å². The molecule has 8 nitrogen and oxygen atoms in total. The van der Waals surface area contributed by atoms with Crippen LogP contribution in [0.1, 0.15) is 25.7 Å². The molecule has 3 aliphatic heterocycles. The monoisotopic (exact) mass is 568 g/mol. The molecule has 0 aromatic carbocycles. The lowest BCUT2D eigenvalue weighted by Crippen LogP contribution is -2.55. The third kappa shape index (κ3) is 5.71. The zero-order valence-electron chi connectivity index (χ0n) is 19.8. The molecule has 2 atom stereocenters. The van der Waals surface area contributed by atoms with Gasteiger partial charge in [-0.3, -0.25) is 14.5 Å². The third-order valence-electron chi connectivity index (χ3n) is 6.88. The highest BCUT2D eigenvalue weighted by Gasteiger charge is 2.36. The van der Waals surface area contributed by atoms with Gasteiger partial charge in [-0.1, -0.05) is 23.8 Å². The Balaban J connectivity index is 1.20. The molecule has 0 bridgehead atoms. The first-order valence-corrected chi connectivity index (χ1v) is 15.6. The van der Waals surface area contributed by atoms with Crippen LogP contribution in [0.3, 0.4) is 0 Å². The number of sulfonamides is 1. The Morgan fingerprint density at radius 1 is 1.03 bits per heavy atom. The van der Waals surface area contributed by atoms with Gasteiger partial charge in [0.1, 0.15) is 10.3 Å². The number of halogens is 1. The summed E-state index contributed by atoms with van der Waals surface area (Å²) >= 11 is 8.54. The Morgan fingerprint density at radius 2 is 1.75 bits per heavy atom. The molecule has 2 aromatic heterocycles. The standard InChI is InChI=1S/C24H29ClN4O4S3/c25-21-9-7-19(34-21)20-8-10-23(35-20)36(32,33)26-18-6-4-13-28(24(18)31)16-22(30)29-14-3-5-17(29)15-27-11-1-2-12-27/h1-2,7-10,17-18,26H,3-6,11-16H2/t17-,18-/m0/s1. The number of thiophene rings is 2. The molecule has 2 fully saturated rings. The number of amides is 2. The van der Waals surface area contributed by atoms with Gasteiger partial charge in [-0.2, -0.15) is 4.72 Å². The minimum atomic E-state index is -3.88. The number of carbonyl (C=O) groups is 2. The first kappa shape index (κ1) is 25.9. The predicted molar refractivity (Wildman–Crippen MR) is 143 cm³/mol. The van der Waals surface area contributed by atoms with Gasteiger partial charge in [0.15, 0.2) is 0 Å². The van der Waals surface area contributed by atoms with Crippen molar-refractivity contribution in [2.24, 2.45) is 0 Å². The van der Waals surface area contributed by atoms with Crippen LogP contribution in [0.5, 0.6) is 0 Å². The molecule has 0 unspecified atom stereocenters. The Morgan fingerprint density at radius 3 is 2.50 bits per heavy atom. The van der Waals surface area contributed by atoms with Crippen LogP contribution in [0.25, 0.3) is 9.75 Å². The van der Waals surface area contributed by atoms with Crippen molar-refractivity contribution in [2.75, 3.05) is 39.3 Å². The number of likely N-dealkylation sites (tertiary alicyclic amines) is 2. The zero-order valence-corrected chi connectivity index (χ0v) is 23.0. The van der Waals surface area contributed by atoms with Gasteiger partial charge < -0.3 is 9.80 Å². The molecule has 2 amide bonds. The van der Waals surface area contributed by atoms with Crippen LogP contribution >= 0.6 is 34.3 Å². The SMILES string of the molecule is O=C1[C@@H](NS(=O)(=O)c2ccc(-c3ccc(Cl)s3)s2)CCCN1CC(=O)N1CCC[C@H]1CN1CC=CC1. The van der Waals surface area contributed by atoms with Gasteiger partial charge >= 0.3 is 0 Å². The largest absolute Gasteiger partial charge is 0.337 e. The molecular weight excluding hydrogens is 540 g/mol. The van der Waals surface area contributed by atoms with E-state index in [0.717, 1.165) is 53.6 Å². The fourth-order valence-corrected chi connectivity index (χ4v) is 8.75. The lowest BCUT2D eigenvalue weighted by molar-refractivity contribution is -0.143. The Bertz CT molecular complexity index is 1250. The molecule has 2 saturated heterocycles. The summed E-state index contributed by atoms with van der Waals surface area (Å²) in [5.74, 6) is -0.390. The van der Waals surface area contributed by atoms with Gasteiger partial charge in [0, 0.05) is 48.5 Å². The average molecular weight is 569 g/mol. The molecule has 2 aromatic rings. The number of hydrogen-bond acceptors (Lipinski definition) is 7. The van der Waals surface area contributed by atoms with Crippen LogP contribution in [0.15, 0.2) is 40.6 Å².